The second-order valence-electron chi connectivity index (χ2n) is 2.37. The van der Waals surface area contributed by atoms with Crippen molar-refractivity contribution in [3.05, 3.63) is 23.3 Å². The number of methoxy groups -OCH3 is 1. The highest BCUT2D eigenvalue weighted by molar-refractivity contribution is 5.95. The number of carbonyl (C=O) groups excluding carboxylic acids is 1. The Bertz CT molecular complexity index is 273. The fourth-order valence-corrected chi connectivity index (χ4v) is 0.673. The normalized spacial score (nSPS) is 12.5. The summed E-state index contributed by atoms with van der Waals surface area (Å²) in [5.41, 5.74) is 0.334. The Morgan fingerprint density at radius 3 is 2.23 bits per heavy atom. The van der Waals surface area contributed by atoms with E-state index in [-0.39, 0.29) is 11.1 Å². The van der Waals surface area contributed by atoms with E-state index in [0.29, 0.717) is 0 Å². The van der Waals surface area contributed by atoms with Gasteiger partial charge in [0.25, 0.3) is 0 Å². The second kappa shape index (κ2) is 5.13. The third kappa shape index (κ3) is 3.55. The highest BCUT2D eigenvalue weighted by Gasteiger charge is 2.08. The minimum atomic E-state index is -1.05. The summed E-state index contributed by atoms with van der Waals surface area (Å²) in [6, 6.07) is 0. The predicted molar refractivity (Wildman–Crippen MR) is 47.2 cm³/mol. The Morgan fingerprint density at radius 2 is 1.92 bits per heavy atom. The van der Waals surface area contributed by atoms with Crippen LogP contribution in [0.3, 0.4) is 0 Å². The molecule has 0 aromatic rings. The molecule has 0 bridgehead atoms. The van der Waals surface area contributed by atoms with Crippen molar-refractivity contribution in [2.24, 2.45) is 0 Å². The average molecular weight is 184 g/mol. The molecule has 4 nitrogen and oxygen atoms in total. The maximum Gasteiger partial charge on any atom is 0.337 e. The summed E-state index contributed by atoms with van der Waals surface area (Å²) in [6.45, 7) is 3.05. The summed E-state index contributed by atoms with van der Waals surface area (Å²) in [6.07, 6.45) is 2.77. The van der Waals surface area contributed by atoms with Gasteiger partial charge in [0.1, 0.15) is 0 Å². The Balaban J connectivity index is 4.75. The topological polar surface area (TPSA) is 63.6 Å². The Kier molecular flexibility index (Phi) is 4.51. The second-order valence-corrected chi connectivity index (χ2v) is 2.37. The number of allylic oxidation sites excluding steroid dienone is 1. The van der Waals surface area contributed by atoms with Gasteiger partial charge < -0.3 is 9.84 Å². The third-order valence-electron chi connectivity index (χ3n) is 1.44. The van der Waals surface area contributed by atoms with Crippen molar-refractivity contribution >= 4 is 11.9 Å². The van der Waals surface area contributed by atoms with Crippen molar-refractivity contribution in [2.45, 2.75) is 13.8 Å². The molecule has 0 unspecified atom stereocenters. The van der Waals surface area contributed by atoms with E-state index in [1.54, 1.807) is 6.92 Å². The Hall–Kier alpha value is -1.58. The summed E-state index contributed by atoms with van der Waals surface area (Å²) in [7, 11) is 1.25. The molecule has 72 valence electrons. The lowest BCUT2D eigenvalue weighted by Crippen LogP contribution is -2.05. The van der Waals surface area contributed by atoms with E-state index in [2.05, 4.69) is 4.74 Å². The first kappa shape index (κ1) is 11.4. The Morgan fingerprint density at radius 1 is 1.38 bits per heavy atom. The van der Waals surface area contributed by atoms with Gasteiger partial charge in [-0.15, -0.1) is 0 Å². The minimum absolute atomic E-state index is 0.0958. The van der Waals surface area contributed by atoms with Gasteiger partial charge in [0.15, 0.2) is 0 Å². The maximum absolute atomic E-state index is 11.0. The van der Waals surface area contributed by atoms with Crippen molar-refractivity contribution in [1.82, 2.24) is 0 Å². The molecular weight excluding hydrogens is 172 g/mol. The summed E-state index contributed by atoms with van der Waals surface area (Å²) in [4.78, 5) is 21.4. The quantitative estimate of drug-likeness (QED) is 0.406. The number of carboxylic acid groups (broad SMARTS) is 1. The van der Waals surface area contributed by atoms with Gasteiger partial charge >= 0.3 is 11.9 Å². The number of hydrogen-bond donors (Lipinski definition) is 1. The molecule has 0 atom stereocenters. The first-order chi connectivity index (χ1) is 6.02. The third-order valence-corrected chi connectivity index (χ3v) is 1.44. The molecule has 0 amide bonds. The molecule has 0 aliphatic rings. The predicted octanol–water partition coefficient (Wildman–Crippen LogP) is 1.14. The minimum Gasteiger partial charge on any atom is -0.478 e. The van der Waals surface area contributed by atoms with E-state index in [1.807, 2.05) is 0 Å². The first-order valence-corrected chi connectivity index (χ1v) is 3.69. The monoisotopic (exact) mass is 184 g/mol. The summed E-state index contributed by atoms with van der Waals surface area (Å²) < 4.78 is 4.44. The van der Waals surface area contributed by atoms with Crippen LogP contribution in [-0.4, -0.2) is 24.2 Å². The maximum atomic E-state index is 11.0. The van der Waals surface area contributed by atoms with Crippen LogP contribution in [0.25, 0.3) is 0 Å². The molecule has 1 N–H and O–H groups in total. The van der Waals surface area contributed by atoms with Crippen LogP contribution in [0.15, 0.2) is 23.3 Å². The summed E-state index contributed by atoms with van der Waals surface area (Å²) >= 11 is 0. The van der Waals surface area contributed by atoms with Crippen LogP contribution in [0, 0.1) is 0 Å². The smallest absolute Gasteiger partial charge is 0.337 e. The number of carboxylic acids is 1. The molecule has 13 heavy (non-hydrogen) atoms. The number of aliphatic carboxylic acids is 1. The van der Waals surface area contributed by atoms with Crippen molar-refractivity contribution in [1.29, 1.82) is 0 Å². The molecule has 0 heterocycles. The van der Waals surface area contributed by atoms with Crippen molar-refractivity contribution < 1.29 is 19.4 Å². The van der Waals surface area contributed by atoms with Crippen LogP contribution in [0.4, 0.5) is 0 Å². The molecule has 0 rings (SSSR count). The molecular formula is C9H12O4. The van der Waals surface area contributed by atoms with Gasteiger partial charge in [0, 0.05) is 5.57 Å². The standard InChI is InChI=1S/C9H12O4/c1-4-7(9(12)13-3)5-6(2)8(10)11/h4-5H,1-3H3,(H,10,11)/b6-5+,7-4+. The number of rotatable bonds is 3. The van der Waals surface area contributed by atoms with Crippen molar-refractivity contribution in [3.8, 4) is 0 Å². The lowest BCUT2D eigenvalue weighted by atomic mass is 10.1. The number of esters is 1. The molecule has 0 aromatic carbocycles. The molecule has 0 spiro atoms. The van der Waals surface area contributed by atoms with Crippen LogP contribution in [0.1, 0.15) is 13.8 Å². The van der Waals surface area contributed by atoms with E-state index in [4.69, 9.17) is 5.11 Å². The largest absolute Gasteiger partial charge is 0.478 e. The van der Waals surface area contributed by atoms with Gasteiger partial charge in [-0.05, 0) is 19.9 Å². The zero-order valence-corrected chi connectivity index (χ0v) is 7.83. The molecule has 4 heteroatoms. The molecule has 0 aromatic heterocycles. The van der Waals surface area contributed by atoms with E-state index < -0.39 is 11.9 Å². The van der Waals surface area contributed by atoms with Crippen LogP contribution >= 0.6 is 0 Å². The van der Waals surface area contributed by atoms with Gasteiger partial charge in [0.2, 0.25) is 0 Å². The zero-order valence-electron chi connectivity index (χ0n) is 7.83. The SMILES string of the molecule is C/C=C(\C=C(/C)C(=O)O)C(=O)OC. The van der Waals surface area contributed by atoms with Crippen LogP contribution < -0.4 is 0 Å². The number of hydrogen-bond acceptors (Lipinski definition) is 3. The summed E-state index contributed by atoms with van der Waals surface area (Å²) in [5, 5.41) is 8.53. The lowest BCUT2D eigenvalue weighted by Gasteiger charge is -1.99. The van der Waals surface area contributed by atoms with Gasteiger partial charge in [-0.3, -0.25) is 0 Å². The van der Waals surface area contributed by atoms with Crippen molar-refractivity contribution in [3.63, 3.8) is 0 Å². The highest BCUT2D eigenvalue weighted by Crippen LogP contribution is 2.04. The van der Waals surface area contributed by atoms with Crippen LogP contribution in [-0.2, 0) is 14.3 Å². The summed E-state index contributed by atoms with van der Waals surface area (Å²) in [5.74, 6) is -1.59. The molecule has 0 fully saturated rings. The van der Waals surface area contributed by atoms with Gasteiger partial charge in [-0.25, -0.2) is 9.59 Å². The van der Waals surface area contributed by atoms with E-state index in [0.717, 1.165) is 0 Å². The number of carbonyl (C=O) groups is 2. The van der Waals surface area contributed by atoms with Crippen LogP contribution in [0.5, 0.6) is 0 Å². The van der Waals surface area contributed by atoms with Gasteiger partial charge in [-0.1, -0.05) is 6.08 Å². The van der Waals surface area contributed by atoms with Gasteiger partial charge in [-0.2, -0.15) is 0 Å². The fourth-order valence-electron chi connectivity index (χ4n) is 0.673. The molecule has 0 saturated heterocycles. The Labute approximate surface area is 76.5 Å². The zero-order chi connectivity index (χ0) is 10.4. The molecule has 0 aliphatic heterocycles. The van der Waals surface area contributed by atoms with E-state index in [1.165, 1.54) is 26.2 Å². The molecule has 0 aliphatic carbocycles. The fraction of sp³-hybridized carbons (Fsp3) is 0.333. The van der Waals surface area contributed by atoms with E-state index >= 15 is 0 Å². The lowest BCUT2D eigenvalue weighted by molar-refractivity contribution is -0.135. The first-order valence-electron chi connectivity index (χ1n) is 3.69. The van der Waals surface area contributed by atoms with Gasteiger partial charge in [0.05, 0.1) is 12.7 Å². The molecule has 0 saturated carbocycles. The molecule has 0 radical (unpaired) electrons. The van der Waals surface area contributed by atoms with Crippen LogP contribution in [0.2, 0.25) is 0 Å². The van der Waals surface area contributed by atoms with Crippen molar-refractivity contribution in [2.75, 3.05) is 7.11 Å². The number of ether oxygens (including phenoxy) is 1. The average Bonchev–Trinajstić information content (AvgIpc) is 2.12. The van der Waals surface area contributed by atoms with E-state index in [9.17, 15) is 9.59 Å². The highest BCUT2D eigenvalue weighted by atomic mass is 16.5.